The van der Waals surface area contributed by atoms with Crippen LogP contribution in [0.4, 0.5) is 5.69 Å². The van der Waals surface area contributed by atoms with Gasteiger partial charge in [-0.2, -0.15) is 0 Å². The summed E-state index contributed by atoms with van der Waals surface area (Å²) in [6.07, 6.45) is 5.01. The van der Waals surface area contributed by atoms with Gasteiger partial charge in [0.15, 0.2) is 0 Å². The predicted molar refractivity (Wildman–Crippen MR) is 80.0 cm³/mol. The maximum atomic E-state index is 5.63. The van der Waals surface area contributed by atoms with Crippen LogP contribution in [-0.2, 0) is 0 Å². The van der Waals surface area contributed by atoms with E-state index in [0.29, 0.717) is 6.04 Å². The van der Waals surface area contributed by atoms with E-state index in [2.05, 4.69) is 29.3 Å². The Kier molecular flexibility index (Phi) is 4.80. The Morgan fingerprint density at radius 3 is 2.42 bits per heavy atom. The van der Waals surface area contributed by atoms with E-state index >= 15 is 0 Å². The third kappa shape index (κ3) is 3.70. The van der Waals surface area contributed by atoms with Gasteiger partial charge in [-0.15, -0.1) is 0 Å². The largest absolute Gasteiger partial charge is 0.342 e. The second kappa shape index (κ2) is 6.57. The number of nitrogens with one attached hydrogen (secondary N) is 1. The minimum Gasteiger partial charge on any atom is -0.342 e. The summed E-state index contributed by atoms with van der Waals surface area (Å²) in [6.45, 7) is 2.33. The van der Waals surface area contributed by atoms with Crippen LogP contribution in [0, 0.1) is 5.92 Å². The first-order valence-corrected chi connectivity index (χ1v) is 7.04. The van der Waals surface area contributed by atoms with Gasteiger partial charge in [0.2, 0.25) is 5.96 Å². The number of hydrogen-bond acceptors (Lipinski definition) is 2. The molecule has 0 spiro atoms. The Labute approximate surface area is 115 Å². The van der Waals surface area contributed by atoms with Gasteiger partial charge in [-0.25, -0.2) is 10.8 Å². The summed E-state index contributed by atoms with van der Waals surface area (Å²) in [5.74, 6) is 7.23. The van der Waals surface area contributed by atoms with Crippen LogP contribution in [0.3, 0.4) is 0 Å². The van der Waals surface area contributed by atoms with E-state index in [1.807, 2.05) is 30.3 Å². The van der Waals surface area contributed by atoms with Crippen molar-refractivity contribution in [2.24, 2.45) is 16.8 Å². The van der Waals surface area contributed by atoms with Crippen molar-refractivity contribution in [2.45, 2.75) is 38.6 Å². The van der Waals surface area contributed by atoms with Gasteiger partial charge in [-0.05, 0) is 43.7 Å². The number of hydrogen-bond donors (Lipinski definition) is 2. The lowest BCUT2D eigenvalue weighted by Crippen LogP contribution is -2.48. The maximum Gasteiger partial charge on any atom is 0.213 e. The highest BCUT2D eigenvalue weighted by Gasteiger charge is 2.23. The molecule has 0 unspecified atom stereocenters. The minimum absolute atomic E-state index is 0.537. The van der Waals surface area contributed by atoms with Crippen molar-refractivity contribution < 1.29 is 0 Å². The van der Waals surface area contributed by atoms with E-state index in [0.717, 1.165) is 17.6 Å². The van der Waals surface area contributed by atoms with Gasteiger partial charge in [-0.3, -0.25) is 5.43 Å². The lowest BCUT2D eigenvalue weighted by Gasteiger charge is -2.35. The average molecular weight is 260 g/mol. The second-order valence-electron chi connectivity index (χ2n) is 5.44. The molecule has 1 saturated carbocycles. The summed E-state index contributed by atoms with van der Waals surface area (Å²) in [6, 6.07) is 10.4. The van der Waals surface area contributed by atoms with Crippen molar-refractivity contribution in [3.8, 4) is 0 Å². The third-order valence-electron chi connectivity index (χ3n) is 3.99. The molecule has 0 saturated heterocycles. The molecule has 2 rings (SSSR count). The Bertz CT molecular complexity index is 407. The summed E-state index contributed by atoms with van der Waals surface area (Å²) in [7, 11) is 2.07. The number of hydrazine groups is 1. The molecule has 104 valence electrons. The zero-order valence-electron chi connectivity index (χ0n) is 11.8. The quantitative estimate of drug-likeness (QED) is 0.372. The van der Waals surface area contributed by atoms with E-state index in [1.54, 1.807) is 0 Å². The summed E-state index contributed by atoms with van der Waals surface area (Å²) in [5, 5.41) is 0. The Balaban J connectivity index is 2.06. The van der Waals surface area contributed by atoms with E-state index < -0.39 is 0 Å². The summed E-state index contributed by atoms with van der Waals surface area (Å²) >= 11 is 0. The van der Waals surface area contributed by atoms with Crippen LogP contribution >= 0.6 is 0 Å². The molecule has 3 N–H and O–H groups in total. The number of guanidine groups is 1. The molecule has 19 heavy (non-hydrogen) atoms. The van der Waals surface area contributed by atoms with Gasteiger partial charge in [0.1, 0.15) is 0 Å². The van der Waals surface area contributed by atoms with Gasteiger partial charge in [0.25, 0.3) is 0 Å². The first kappa shape index (κ1) is 13.9. The second-order valence-corrected chi connectivity index (χ2v) is 5.44. The molecular formula is C15H24N4. The van der Waals surface area contributed by atoms with Crippen molar-refractivity contribution in [3.63, 3.8) is 0 Å². The molecule has 1 fully saturated rings. The monoisotopic (exact) mass is 260 g/mol. The molecule has 0 aliphatic heterocycles. The average Bonchev–Trinajstić information content (AvgIpc) is 2.46. The Morgan fingerprint density at radius 2 is 1.84 bits per heavy atom. The third-order valence-corrected chi connectivity index (χ3v) is 3.99. The SMILES string of the molecule is CC1CCC(N(C)C(=Nc2ccccc2)NN)CC1. The Hall–Kier alpha value is -1.55. The summed E-state index contributed by atoms with van der Waals surface area (Å²) in [5.41, 5.74) is 3.66. The maximum absolute atomic E-state index is 5.63. The molecule has 0 heterocycles. The van der Waals surface area contributed by atoms with Crippen LogP contribution in [0.25, 0.3) is 0 Å². The van der Waals surface area contributed by atoms with Crippen LogP contribution in [0.15, 0.2) is 35.3 Å². The number of aliphatic imine (C=N–C) groups is 1. The lowest BCUT2D eigenvalue weighted by molar-refractivity contribution is 0.234. The number of benzene rings is 1. The molecule has 0 radical (unpaired) electrons. The fraction of sp³-hybridized carbons (Fsp3) is 0.533. The zero-order valence-corrected chi connectivity index (χ0v) is 11.8. The molecule has 4 nitrogen and oxygen atoms in total. The van der Waals surface area contributed by atoms with Crippen LogP contribution < -0.4 is 11.3 Å². The highest BCUT2D eigenvalue weighted by molar-refractivity contribution is 5.82. The Morgan fingerprint density at radius 1 is 1.21 bits per heavy atom. The van der Waals surface area contributed by atoms with Crippen molar-refractivity contribution in [1.29, 1.82) is 0 Å². The number of nitrogens with zero attached hydrogens (tertiary/aromatic N) is 2. The fourth-order valence-corrected chi connectivity index (χ4v) is 2.64. The minimum atomic E-state index is 0.537. The van der Waals surface area contributed by atoms with Gasteiger partial charge < -0.3 is 4.90 Å². The van der Waals surface area contributed by atoms with E-state index in [4.69, 9.17) is 5.84 Å². The molecule has 0 bridgehead atoms. The number of para-hydroxylation sites is 1. The highest BCUT2D eigenvalue weighted by atomic mass is 15.4. The van der Waals surface area contributed by atoms with Crippen LogP contribution in [0.5, 0.6) is 0 Å². The molecule has 4 heteroatoms. The summed E-state index contributed by atoms with van der Waals surface area (Å²) in [4.78, 5) is 6.76. The van der Waals surface area contributed by atoms with E-state index in [-0.39, 0.29) is 0 Å². The van der Waals surface area contributed by atoms with Gasteiger partial charge >= 0.3 is 0 Å². The molecule has 1 aromatic rings. The predicted octanol–water partition coefficient (Wildman–Crippen LogP) is 2.65. The molecule has 1 aromatic carbocycles. The smallest absolute Gasteiger partial charge is 0.213 e. The standard InChI is InChI=1S/C15H24N4/c1-12-8-10-14(11-9-12)19(2)15(18-16)17-13-6-4-3-5-7-13/h3-7,12,14H,8-11,16H2,1-2H3,(H,17,18). The van der Waals surface area contributed by atoms with Gasteiger partial charge in [0, 0.05) is 13.1 Å². The molecule has 0 amide bonds. The number of rotatable bonds is 2. The van der Waals surface area contributed by atoms with Gasteiger partial charge in [-0.1, -0.05) is 25.1 Å². The fourth-order valence-electron chi connectivity index (χ4n) is 2.64. The highest BCUT2D eigenvalue weighted by Crippen LogP contribution is 2.26. The molecular weight excluding hydrogens is 236 g/mol. The van der Waals surface area contributed by atoms with Crippen LogP contribution in [0.2, 0.25) is 0 Å². The van der Waals surface area contributed by atoms with Crippen molar-refractivity contribution >= 4 is 11.6 Å². The normalized spacial score (nSPS) is 24.1. The van der Waals surface area contributed by atoms with Crippen LogP contribution in [-0.4, -0.2) is 23.9 Å². The summed E-state index contributed by atoms with van der Waals surface area (Å²) < 4.78 is 0. The van der Waals surface area contributed by atoms with Crippen molar-refractivity contribution in [3.05, 3.63) is 30.3 Å². The van der Waals surface area contributed by atoms with Gasteiger partial charge in [0.05, 0.1) is 5.69 Å². The van der Waals surface area contributed by atoms with E-state index in [9.17, 15) is 0 Å². The first-order chi connectivity index (χ1) is 9.20. The van der Waals surface area contributed by atoms with Crippen molar-refractivity contribution in [2.75, 3.05) is 7.05 Å². The molecule has 1 aliphatic rings. The first-order valence-electron chi connectivity index (χ1n) is 7.04. The zero-order chi connectivity index (χ0) is 13.7. The molecule has 1 aliphatic carbocycles. The van der Waals surface area contributed by atoms with Crippen molar-refractivity contribution in [1.82, 2.24) is 10.3 Å². The lowest BCUT2D eigenvalue weighted by atomic mass is 9.87. The number of nitrogens with two attached hydrogens (primary N) is 1. The molecule has 0 atom stereocenters. The molecule has 0 aromatic heterocycles. The topological polar surface area (TPSA) is 53.6 Å². The van der Waals surface area contributed by atoms with E-state index in [1.165, 1.54) is 25.7 Å². The van der Waals surface area contributed by atoms with Crippen LogP contribution in [0.1, 0.15) is 32.6 Å².